The fourth-order valence-corrected chi connectivity index (χ4v) is 4.00. The van der Waals surface area contributed by atoms with Crippen LogP contribution in [0.1, 0.15) is 34.2 Å². The van der Waals surface area contributed by atoms with Crippen LogP contribution in [-0.2, 0) is 6.42 Å². The van der Waals surface area contributed by atoms with Gasteiger partial charge in [-0.2, -0.15) is 0 Å². The Morgan fingerprint density at radius 1 is 1.07 bits per heavy atom. The number of ether oxygens (including phenoxy) is 1. The second-order valence-electron chi connectivity index (χ2n) is 7.32. The molecule has 5 rings (SSSR count). The normalized spacial score (nSPS) is 15.6. The summed E-state index contributed by atoms with van der Waals surface area (Å²) in [5.41, 5.74) is 3.27. The lowest BCUT2D eigenvalue weighted by molar-refractivity contribution is 0.0960. The van der Waals surface area contributed by atoms with Crippen molar-refractivity contribution in [3.8, 4) is 11.4 Å². The van der Waals surface area contributed by atoms with Crippen LogP contribution in [0.5, 0.6) is 5.75 Å². The van der Waals surface area contributed by atoms with Crippen LogP contribution in [0.15, 0.2) is 77.4 Å². The molecule has 1 aliphatic rings. The molecule has 0 radical (unpaired) electrons. The van der Waals surface area contributed by atoms with Crippen LogP contribution in [-0.4, -0.2) is 22.7 Å². The number of benzene rings is 2. The molecule has 150 valence electrons. The molecule has 0 fully saturated rings. The number of furan rings is 1. The molecule has 0 aliphatic heterocycles. The molecule has 0 saturated carbocycles. The number of Topliss-reactive ketones (excluding diaryl/α,β-unsaturated/α-hetero) is 1. The monoisotopic (exact) mass is 399 g/mol. The lowest BCUT2D eigenvalue weighted by Gasteiger charge is -2.21. The minimum absolute atomic E-state index is 0.00355. The molecular weight excluding hydrogens is 378 g/mol. The zero-order valence-corrected chi connectivity index (χ0v) is 16.5. The molecule has 1 aliphatic carbocycles. The topological polar surface area (TPSA) is 69.3 Å². The fourth-order valence-electron chi connectivity index (χ4n) is 4.00. The molecule has 2 heterocycles. The SMILES string of the molecule is COc1cccc(Nc2nn(-c3ccccc3)c3c2C(=O)C[C@H](c2ccco2)C3)c1. The van der Waals surface area contributed by atoms with Crippen molar-refractivity contribution in [1.82, 2.24) is 9.78 Å². The number of hydrogen-bond acceptors (Lipinski definition) is 5. The smallest absolute Gasteiger partial charge is 0.169 e. The molecule has 6 heteroatoms. The van der Waals surface area contributed by atoms with Crippen molar-refractivity contribution in [1.29, 1.82) is 0 Å². The number of nitrogens with one attached hydrogen (secondary N) is 1. The summed E-state index contributed by atoms with van der Waals surface area (Å²) in [4.78, 5) is 13.2. The third kappa shape index (κ3) is 3.26. The van der Waals surface area contributed by atoms with Crippen molar-refractivity contribution in [3.05, 3.63) is 90.0 Å². The highest BCUT2D eigenvalue weighted by Crippen LogP contribution is 2.38. The minimum atomic E-state index is 0.00355. The maximum absolute atomic E-state index is 13.2. The Morgan fingerprint density at radius 3 is 2.70 bits per heavy atom. The molecule has 4 aromatic rings. The predicted molar refractivity (Wildman–Crippen MR) is 114 cm³/mol. The Morgan fingerprint density at radius 2 is 1.93 bits per heavy atom. The maximum Gasteiger partial charge on any atom is 0.169 e. The lowest BCUT2D eigenvalue weighted by Crippen LogP contribution is -2.20. The van der Waals surface area contributed by atoms with Gasteiger partial charge in [-0.05, 0) is 36.4 Å². The van der Waals surface area contributed by atoms with Crippen molar-refractivity contribution in [2.24, 2.45) is 0 Å². The first-order valence-corrected chi connectivity index (χ1v) is 9.88. The Bertz CT molecular complexity index is 1180. The van der Waals surface area contributed by atoms with E-state index in [1.807, 2.05) is 71.4 Å². The third-order valence-electron chi connectivity index (χ3n) is 5.41. The van der Waals surface area contributed by atoms with Crippen molar-refractivity contribution in [2.45, 2.75) is 18.8 Å². The Balaban J connectivity index is 1.60. The van der Waals surface area contributed by atoms with Gasteiger partial charge in [0.2, 0.25) is 0 Å². The highest BCUT2D eigenvalue weighted by atomic mass is 16.5. The van der Waals surface area contributed by atoms with Gasteiger partial charge in [0, 0.05) is 30.5 Å². The maximum atomic E-state index is 13.2. The van der Waals surface area contributed by atoms with Gasteiger partial charge in [0.1, 0.15) is 11.5 Å². The van der Waals surface area contributed by atoms with Gasteiger partial charge in [-0.25, -0.2) is 4.68 Å². The van der Waals surface area contributed by atoms with E-state index in [2.05, 4.69) is 5.32 Å². The van der Waals surface area contributed by atoms with Crippen LogP contribution in [0.25, 0.3) is 5.69 Å². The summed E-state index contributed by atoms with van der Waals surface area (Å²) in [6, 6.07) is 21.3. The summed E-state index contributed by atoms with van der Waals surface area (Å²) in [6.45, 7) is 0. The quantitative estimate of drug-likeness (QED) is 0.504. The van der Waals surface area contributed by atoms with Crippen LogP contribution < -0.4 is 10.1 Å². The standard InChI is InChI=1S/C24H21N3O3/c1-29-19-10-5-7-17(15-19)25-24-23-20(27(26-24)18-8-3-2-4-9-18)13-16(14-21(23)28)22-11-6-12-30-22/h2-12,15-16H,13-14H2,1H3,(H,25,26)/t16-/m1/s1. The number of aromatic nitrogens is 2. The number of ketones is 1. The molecular formula is C24H21N3O3. The Labute approximate surface area is 174 Å². The van der Waals surface area contributed by atoms with Crippen LogP contribution in [0.2, 0.25) is 0 Å². The second-order valence-corrected chi connectivity index (χ2v) is 7.32. The molecule has 2 aromatic carbocycles. The third-order valence-corrected chi connectivity index (χ3v) is 5.41. The average molecular weight is 399 g/mol. The van der Waals surface area contributed by atoms with E-state index >= 15 is 0 Å². The predicted octanol–water partition coefficient (Wildman–Crippen LogP) is 5.13. The van der Waals surface area contributed by atoms with Crippen LogP contribution in [0.4, 0.5) is 11.5 Å². The van der Waals surface area contributed by atoms with Crippen LogP contribution in [0, 0.1) is 0 Å². The Kier molecular flexibility index (Phi) is 4.59. The van der Waals surface area contributed by atoms with Gasteiger partial charge in [0.05, 0.1) is 30.3 Å². The molecule has 0 spiro atoms. The lowest BCUT2D eigenvalue weighted by atomic mass is 9.85. The van der Waals surface area contributed by atoms with Gasteiger partial charge in [-0.3, -0.25) is 4.79 Å². The number of rotatable bonds is 5. The number of para-hydroxylation sites is 1. The van der Waals surface area contributed by atoms with E-state index in [-0.39, 0.29) is 11.7 Å². The average Bonchev–Trinajstić information content (AvgIpc) is 3.43. The van der Waals surface area contributed by atoms with E-state index in [9.17, 15) is 4.79 Å². The zero-order valence-electron chi connectivity index (χ0n) is 16.5. The summed E-state index contributed by atoms with van der Waals surface area (Å²) in [6.07, 6.45) is 2.73. The summed E-state index contributed by atoms with van der Waals surface area (Å²) < 4.78 is 12.8. The summed E-state index contributed by atoms with van der Waals surface area (Å²) in [7, 11) is 1.63. The highest BCUT2D eigenvalue weighted by Gasteiger charge is 2.34. The molecule has 30 heavy (non-hydrogen) atoms. The Hall–Kier alpha value is -3.80. The van der Waals surface area contributed by atoms with Crippen LogP contribution >= 0.6 is 0 Å². The van der Waals surface area contributed by atoms with E-state index in [1.165, 1.54) is 0 Å². The van der Waals surface area contributed by atoms with Crippen molar-refractivity contribution in [3.63, 3.8) is 0 Å². The first-order chi connectivity index (χ1) is 14.7. The number of anilines is 2. The minimum Gasteiger partial charge on any atom is -0.497 e. The molecule has 1 atom stereocenters. The van der Waals surface area contributed by atoms with E-state index < -0.39 is 0 Å². The van der Waals surface area contributed by atoms with E-state index in [0.717, 1.165) is 28.6 Å². The van der Waals surface area contributed by atoms with Gasteiger partial charge >= 0.3 is 0 Å². The second kappa shape index (κ2) is 7.55. The molecule has 0 bridgehead atoms. The van der Waals surface area contributed by atoms with E-state index in [4.69, 9.17) is 14.3 Å². The number of nitrogens with zero attached hydrogens (tertiary/aromatic N) is 2. The zero-order chi connectivity index (χ0) is 20.5. The largest absolute Gasteiger partial charge is 0.497 e. The molecule has 2 aromatic heterocycles. The molecule has 6 nitrogen and oxygen atoms in total. The number of carbonyl (C=O) groups is 1. The summed E-state index contributed by atoms with van der Waals surface area (Å²) in [5.74, 6) is 2.19. The molecule has 1 N–H and O–H groups in total. The highest BCUT2D eigenvalue weighted by molar-refractivity contribution is 6.03. The first-order valence-electron chi connectivity index (χ1n) is 9.88. The van der Waals surface area contributed by atoms with Crippen molar-refractivity contribution in [2.75, 3.05) is 12.4 Å². The van der Waals surface area contributed by atoms with Crippen molar-refractivity contribution < 1.29 is 13.9 Å². The van der Waals surface area contributed by atoms with Crippen molar-refractivity contribution >= 4 is 17.3 Å². The van der Waals surface area contributed by atoms with E-state index in [0.29, 0.717) is 24.2 Å². The van der Waals surface area contributed by atoms with Gasteiger partial charge in [-0.1, -0.05) is 24.3 Å². The van der Waals surface area contributed by atoms with E-state index in [1.54, 1.807) is 13.4 Å². The number of methoxy groups -OCH3 is 1. The molecule has 0 saturated heterocycles. The number of hydrogen-bond donors (Lipinski definition) is 1. The molecule has 0 unspecified atom stereocenters. The fraction of sp³-hybridized carbons (Fsp3) is 0.167. The molecule has 0 amide bonds. The van der Waals surface area contributed by atoms with Gasteiger partial charge < -0.3 is 14.5 Å². The van der Waals surface area contributed by atoms with Gasteiger partial charge in [-0.15, -0.1) is 5.10 Å². The van der Waals surface area contributed by atoms with Gasteiger partial charge in [0.25, 0.3) is 0 Å². The van der Waals surface area contributed by atoms with Crippen LogP contribution in [0.3, 0.4) is 0 Å². The van der Waals surface area contributed by atoms with Gasteiger partial charge in [0.15, 0.2) is 11.6 Å². The summed E-state index contributed by atoms with van der Waals surface area (Å²) in [5, 5.41) is 8.11. The summed E-state index contributed by atoms with van der Waals surface area (Å²) >= 11 is 0. The number of carbonyl (C=O) groups excluding carboxylic acids is 1. The number of fused-ring (bicyclic) bond motifs is 1. The first kappa shape index (κ1) is 18.2.